The maximum atomic E-state index is 13.2. The molecule has 2 fully saturated rings. The van der Waals surface area contributed by atoms with Gasteiger partial charge in [0, 0.05) is 43.4 Å². The number of anilines is 2. The molecule has 36 heavy (non-hydrogen) atoms. The van der Waals surface area contributed by atoms with Crippen LogP contribution in [0.1, 0.15) is 46.9 Å². The highest BCUT2D eigenvalue weighted by atomic mass is 16.7. The predicted molar refractivity (Wildman–Crippen MR) is 136 cm³/mol. The Morgan fingerprint density at radius 1 is 1.00 bits per heavy atom. The largest absolute Gasteiger partial charge is 0.422 e. The molecule has 0 aliphatic carbocycles. The summed E-state index contributed by atoms with van der Waals surface area (Å²) in [6.07, 6.45) is 2.19. The van der Waals surface area contributed by atoms with E-state index in [4.69, 9.17) is 13.9 Å². The van der Waals surface area contributed by atoms with Crippen LogP contribution in [0.4, 0.5) is 11.4 Å². The molecule has 1 aromatic heterocycles. The van der Waals surface area contributed by atoms with Gasteiger partial charge in [0.25, 0.3) is 11.8 Å². The van der Waals surface area contributed by atoms with E-state index in [1.54, 1.807) is 36.4 Å². The lowest BCUT2D eigenvalue weighted by molar-refractivity contribution is -0.169. The molecule has 0 saturated carbocycles. The smallest absolute Gasteiger partial charge is 0.349 e. The molecule has 2 aliphatic rings. The highest BCUT2D eigenvalue weighted by molar-refractivity contribution is 6.08. The Bertz CT molecular complexity index is 1330. The van der Waals surface area contributed by atoms with Crippen molar-refractivity contribution in [2.45, 2.75) is 32.0 Å². The number of para-hydroxylation sites is 1. The van der Waals surface area contributed by atoms with Crippen molar-refractivity contribution in [1.29, 1.82) is 0 Å². The number of carbonyl (C=O) groups excluding carboxylic acids is 2. The number of amides is 2. The number of hydrogen-bond acceptors (Lipinski definition) is 7. The molecular weight excluding hydrogens is 462 g/mol. The number of piperidine rings is 1. The minimum absolute atomic E-state index is 0.106. The van der Waals surface area contributed by atoms with Gasteiger partial charge in [0.15, 0.2) is 5.79 Å². The predicted octanol–water partition coefficient (Wildman–Crippen LogP) is 3.53. The molecule has 3 aromatic rings. The number of nitrogens with zero attached hydrogens (tertiary/aromatic N) is 1. The van der Waals surface area contributed by atoms with Gasteiger partial charge in [0.05, 0.1) is 24.6 Å². The topological polar surface area (TPSA) is 110 Å². The molecule has 2 N–H and O–H groups in total. The van der Waals surface area contributed by atoms with Crippen LogP contribution in [0.3, 0.4) is 0 Å². The standard InChI is InChI=1S/C27H29N3O6/c1-2-11-28-24(31)19-7-8-22(30-12-9-27(10-13-30)34-14-15-35-27)21(17-19)29-25(32)20-16-18-5-3-4-6-23(18)36-26(20)33/h3-8,16-17H,2,9-15H2,1H3,(H,28,31)(H,29,32). The molecule has 2 amide bonds. The second-order valence-corrected chi connectivity index (χ2v) is 9.02. The first-order valence-corrected chi connectivity index (χ1v) is 12.3. The van der Waals surface area contributed by atoms with E-state index in [2.05, 4.69) is 15.5 Å². The molecule has 5 rings (SSSR count). The van der Waals surface area contributed by atoms with Crippen molar-refractivity contribution in [3.05, 3.63) is 70.1 Å². The Morgan fingerprint density at radius 2 is 1.75 bits per heavy atom. The second kappa shape index (κ2) is 10.1. The van der Waals surface area contributed by atoms with Gasteiger partial charge in [-0.2, -0.15) is 0 Å². The molecule has 1 spiro atoms. The van der Waals surface area contributed by atoms with E-state index in [1.807, 2.05) is 13.0 Å². The maximum absolute atomic E-state index is 13.2. The lowest BCUT2D eigenvalue weighted by atomic mass is 10.0. The molecule has 9 nitrogen and oxygen atoms in total. The van der Waals surface area contributed by atoms with Crippen molar-refractivity contribution in [3.8, 4) is 0 Å². The zero-order valence-electron chi connectivity index (χ0n) is 20.2. The van der Waals surface area contributed by atoms with Gasteiger partial charge in [-0.25, -0.2) is 4.79 Å². The Balaban J connectivity index is 1.44. The third kappa shape index (κ3) is 4.84. The van der Waals surface area contributed by atoms with Gasteiger partial charge < -0.3 is 29.4 Å². The fraction of sp³-hybridized carbons (Fsp3) is 0.370. The maximum Gasteiger partial charge on any atom is 0.349 e. The average molecular weight is 492 g/mol. The van der Waals surface area contributed by atoms with E-state index in [-0.39, 0.29) is 11.5 Å². The first kappa shape index (κ1) is 24.0. The van der Waals surface area contributed by atoms with Crippen molar-refractivity contribution in [2.24, 2.45) is 0 Å². The number of hydrogen-bond donors (Lipinski definition) is 2. The molecular formula is C27H29N3O6. The van der Waals surface area contributed by atoms with Crippen LogP contribution < -0.4 is 21.2 Å². The van der Waals surface area contributed by atoms with Crippen molar-refractivity contribution >= 4 is 34.2 Å². The lowest BCUT2D eigenvalue weighted by Crippen LogP contribution is -2.45. The first-order chi connectivity index (χ1) is 17.5. The number of benzene rings is 2. The van der Waals surface area contributed by atoms with E-state index in [1.165, 1.54) is 6.07 Å². The number of rotatable bonds is 6. The van der Waals surface area contributed by atoms with Gasteiger partial charge in [-0.3, -0.25) is 9.59 Å². The summed E-state index contributed by atoms with van der Waals surface area (Å²) in [5, 5.41) is 6.36. The quantitative estimate of drug-likeness (QED) is 0.508. The van der Waals surface area contributed by atoms with Crippen molar-refractivity contribution < 1.29 is 23.5 Å². The van der Waals surface area contributed by atoms with Gasteiger partial charge in [0.1, 0.15) is 11.1 Å². The summed E-state index contributed by atoms with van der Waals surface area (Å²) in [6, 6.07) is 13.8. The van der Waals surface area contributed by atoms with Gasteiger partial charge in [0.2, 0.25) is 0 Å². The van der Waals surface area contributed by atoms with Gasteiger partial charge >= 0.3 is 5.63 Å². The summed E-state index contributed by atoms with van der Waals surface area (Å²) in [6.45, 7) is 5.03. The zero-order valence-corrected chi connectivity index (χ0v) is 20.2. The molecule has 188 valence electrons. The molecule has 2 saturated heterocycles. The van der Waals surface area contributed by atoms with E-state index in [9.17, 15) is 14.4 Å². The van der Waals surface area contributed by atoms with Gasteiger partial charge in [-0.15, -0.1) is 0 Å². The van der Waals surface area contributed by atoms with Crippen molar-refractivity contribution in [3.63, 3.8) is 0 Å². The van der Waals surface area contributed by atoms with Crippen molar-refractivity contribution in [1.82, 2.24) is 5.32 Å². The molecule has 0 radical (unpaired) electrons. The van der Waals surface area contributed by atoms with Crippen LogP contribution in [0, 0.1) is 0 Å². The van der Waals surface area contributed by atoms with Crippen LogP contribution in [0.25, 0.3) is 11.0 Å². The molecule has 2 aliphatic heterocycles. The summed E-state index contributed by atoms with van der Waals surface area (Å²) in [4.78, 5) is 40.6. The lowest BCUT2D eigenvalue weighted by Gasteiger charge is -2.39. The summed E-state index contributed by atoms with van der Waals surface area (Å²) in [7, 11) is 0. The zero-order chi connectivity index (χ0) is 25.1. The summed E-state index contributed by atoms with van der Waals surface area (Å²) < 4.78 is 17.0. The van der Waals surface area contributed by atoms with Crippen LogP contribution in [-0.2, 0) is 9.47 Å². The van der Waals surface area contributed by atoms with Crippen LogP contribution in [0.5, 0.6) is 0 Å². The summed E-state index contributed by atoms with van der Waals surface area (Å²) in [5.74, 6) is -1.36. The summed E-state index contributed by atoms with van der Waals surface area (Å²) in [5.41, 5.74) is 1.21. The fourth-order valence-corrected chi connectivity index (χ4v) is 4.68. The minimum atomic E-state index is -0.722. The summed E-state index contributed by atoms with van der Waals surface area (Å²) >= 11 is 0. The van der Waals surface area contributed by atoms with Crippen LogP contribution in [0.15, 0.2) is 57.7 Å². The number of carbonyl (C=O) groups is 2. The number of nitrogens with one attached hydrogen (secondary N) is 2. The second-order valence-electron chi connectivity index (χ2n) is 9.02. The third-order valence-corrected chi connectivity index (χ3v) is 6.61. The highest BCUT2D eigenvalue weighted by Crippen LogP contribution is 2.36. The number of ether oxygens (including phenoxy) is 2. The Morgan fingerprint density at radius 3 is 2.50 bits per heavy atom. The van der Waals surface area contributed by atoms with Crippen LogP contribution in [-0.4, -0.2) is 50.4 Å². The molecule has 0 atom stereocenters. The monoisotopic (exact) mass is 491 g/mol. The minimum Gasteiger partial charge on any atom is -0.422 e. The van der Waals surface area contributed by atoms with Gasteiger partial charge in [-0.05, 0) is 36.8 Å². The van der Waals surface area contributed by atoms with E-state index in [0.29, 0.717) is 67.9 Å². The van der Waals surface area contributed by atoms with E-state index >= 15 is 0 Å². The molecule has 3 heterocycles. The molecule has 0 bridgehead atoms. The Labute approximate surface area is 208 Å². The normalized spacial score (nSPS) is 16.9. The Kier molecular flexibility index (Phi) is 6.75. The van der Waals surface area contributed by atoms with Crippen LogP contribution in [0.2, 0.25) is 0 Å². The van der Waals surface area contributed by atoms with Crippen LogP contribution >= 0.6 is 0 Å². The SMILES string of the molecule is CCCNC(=O)c1ccc(N2CCC3(CC2)OCCO3)c(NC(=O)c2cc3ccccc3oc2=O)c1. The average Bonchev–Trinajstić information content (AvgIpc) is 3.35. The van der Waals surface area contributed by atoms with Crippen molar-refractivity contribution in [2.75, 3.05) is 43.1 Å². The third-order valence-electron chi connectivity index (χ3n) is 6.61. The highest BCUT2D eigenvalue weighted by Gasteiger charge is 2.40. The fourth-order valence-electron chi connectivity index (χ4n) is 4.68. The molecule has 0 unspecified atom stereocenters. The first-order valence-electron chi connectivity index (χ1n) is 12.3. The van der Waals surface area contributed by atoms with E-state index < -0.39 is 17.3 Å². The van der Waals surface area contributed by atoms with Gasteiger partial charge in [-0.1, -0.05) is 25.1 Å². The molecule has 9 heteroatoms. The molecule has 2 aromatic carbocycles. The number of fused-ring (bicyclic) bond motifs is 1. The van der Waals surface area contributed by atoms with E-state index in [0.717, 1.165) is 12.1 Å². The Hall–Kier alpha value is -3.69.